The summed E-state index contributed by atoms with van der Waals surface area (Å²) in [5.74, 6) is -0.938. The van der Waals surface area contributed by atoms with Gasteiger partial charge in [0, 0.05) is 12.1 Å². The maximum absolute atomic E-state index is 11.8. The second-order valence-corrected chi connectivity index (χ2v) is 3.28. The van der Waals surface area contributed by atoms with Crippen molar-refractivity contribution in [3.8, 4) is 0 Å². The first kappa shape index (κ1) is 10.8. The molecule has 0 saturated carbocycles. The van der Waals surface area contributed by atoms with E-state index in [-0.39, 0.29) is 22.2 Å². The monoisotopic (exact) mass is 234 g/mol. The fourth-order valence-corrected chi connectivity index (χ4v) is 1.40. The van der Waals surface area contributed by atoms with Gasteiger partial charge < -0.3 is 10.2 Å². The average Bonchev–Trinajstić information content (AvgIpc) is 2.28. The number of non-ortho nitro benzene ring substituents is 1. The number of carbonyl (C=O) groups excluding carboxylic acids is 1. The van der Waals surface area contributed by atoms with Gasteiger partial charge in [0.2, 0.25) is 5.43 Å². The molecular weight excluding hydrogens is 228 g/mol. The summed E-state index contributed by atoms with van der Waals surface area (Å²) < 4.78 is 5.00. The lowest BCUT2D eigenvalue weighted by Gasteiger charge is -1.98. The number of primary amides is 1. The zero-order valence-electron chi connectivity index (χ0n) is 8.38. The van der Waals surface area contributed by atoms with Crippen LogP contribution in [0.15, 0.2) is 33.7 Å². The maximum atomic E-state index is 11.8. The molecule has 2 N–H and O–H groups in total. The number of rotatable bonds is 2. The van der Waals surface area contributed by atoms with Crippen molar-refractivity contribution in [3.63, 3.8) is 0 Å². The molecule has 0 unspecified atom stereocenters. The highest BCUT2D eigenvalue weighted by molar-refractivity contribution is 5.95. The molecule has 1 amide bonds. The van der Waals surface area contributed by atoms with Crippen molar-refractivity contribution in [2.75, 3.05) is 0 Å². The molecule has 0 aliphatic carbocycles. The second-order valence-electron chi connectivity index (χ2n) is 3.28. The number of nitro benzene ring substituents is 1. The van der Waals surface area contributed by atoms with E-state index in [1.807, 2.05) is 0 Å². The molecule has 0 bridgehead atoms. The van der Waals surface area contributed by atoms with Gasteiger partial charge in [-0.15, -0.1) is 0 Å². The van der Waals surface area contributed by atoms with Crippen LogP contribution in [0.5, 0.6) is 0 Å². The van der Waals surface area contributed by atoms with E-state index in [0.29, 0.717) is 0 Å². The van der Waals surface area contributed by atoms with E-state index in [9.17, 15) is 19.7 Å². The summed E-state index contributed by atoms with van der Waals surface area (Å²) in [6.07, 6.45) is 0.943. The Labute approximate surface area is 93.6 Å². The van der Waals surface area contributed by atoms with Gasteiger partial charge in [-0.2, -0.15) is 0 Å². The number of nitrogens with zero attached hydrogens (tertiary/aromatic N) is 1. The Morgan fingerprint density at radius 1 is 1.41 bits per heavy atom. The Balaban J connectivity index is 2.83. The number of carbonyl (C=O) groups is 1. The van der Waals surface area contributed by atoms with E-state index in [2.05, 4.69) is 0 Å². The first-order chi connectivity index (χ1) is 8.00. The number of hydrogen-bond acceptors (Lipinski definition) is 5. The smallest absolute Gasteiger partial charge is 0.270 e. The normalized spacial score (nSPS) is 10.4. The first-order valence-corrected chi connectivity index (χ1v) is 4.50. The molecule has 0 radical (unpaired) electrons. The van der Waals surface area contributed by atoms with Crippen molar-refractivity contribution >= 4 is 22.6 Å². The van der Waals surface area contributed by atoms with Gasteiger partial charge in [0.15, 0.2) is 0 Å². The van der Waals surface area contributed by atoms with Gasteiger partial charge in [-0.1, -0.05) is 0 Å². The van der Waals surface area contributed by atoms with Crippen molar-refractivity contribution < 1.29 is 14.1 Å². The lowest BCUT2D eigenvalue weighted by atomic mass is 10.1. The molecule has 1 heterocycles. The summed E-state index contributed by atoms with van der Waals surface area (Å²) in [5.41, 5.74) is 3.86. The standard InChI is InChI=1S/C10H6N2O5/c11-10(14)7-4-17-8-2-1-5(12(15)16)3-6(8)9(7)13/h1-4H,(H2,11,14). The van der Waals surface area contributed by atoms with Crippen LogP contribution in [0.4, 0.5) is 5.69 Å². The largest absolute Gasteiger partial charge is 0.463 e. The van der Waals surface area contributed by atoms with Gasteiger partial charge in [0.05, 0.1) is 10.3 Å². The predicted molar refractivity (Wildman–Crippen MR) is 57.7 cm³/mol. The highest BCUT2D eigenvalue weighted by atomic mass is 16.6. The fourth-order valence-electron chi connectivity index (χ4n) is 1.40. The van der Waals surface area contributed by atoms with Crippen LogP contribution in [0.25, 0.3) is 11.0 Å². The summed E-state index contributed by atoms with van der Waals surface area (Å²) in [7, 11) is 0. The lowest BCUT2D eigenvalue weighted by molar-refractivity contribution is -0.384. The summed E-state index contributed by atoms with van der Waals surface area (Å²) in [4.78, 5) is 32.6. The van der Waals surface area contributed by atoms with E-state index >= 15 is 0 Å². The molecular formula is C10H6N2O5. The van der Waals surface area contributed by atoms with Gasteiger partial charge in [-0.05, 0) is 6.07 Å². The van der Waals surface area contributed by atoms with Gasteiger partial charge in [0.25, 0.3) is 11.6 Å². The molecule has 86 valence electrons. The molecule has 1 aromatic carbocycles. The molecule has 1 aromatic heterocycles. The molecule has 0 fully saturated rings. The van der Waals surface area contributed by atoms with Crippen LogP contribution in [-0.2, 0) is 0 Å². The van der Waals surface area contributed by atoms with Crippen molar-refractivity contribution in [1.29, 1.82) is 0 Å². The number of hydrogen-bond donors (Lipinski definition) is 1. The highest BCUT2D eigenvalue weighted by Gasteiger charge is 2.14. The molecule has 17 heavy (non-hydrogen) atoms. The molecule has 0 atom stereocenters. The van der Waals surface area contributed by atoms with Crippen molar-refractivity contribution in [3.05, 3.63) is 50.4 Å². The van der Waals surface area contributed by atoms with E-state index in [0.717, 1.165) is 12.3 Å². The van der Waals surface area contributed by atoms with Crippen LogP contribution in [0.3, 0.4) is 0 Å². The van der Waals surface area contributed by atoms with Crippen molar-refractivity contribution in [2.24, 2.45) is 5.73 Å². The lowest BCUT2D eigenvalue weighted by Crippen LogP contribution is -2.21. The molecule has 2 rings (SSSR count). The average molecular weight is 234 g/mol. The zero-order chi connectivity index (χ0) is 12.6. The highest BCUT2D eigenvalue weighted by Crippen LogP contribution is 2.18. The Morgan fingerprint density at radius 3 is 2.71 bits per heavy atom. The minimum absolute atomic E-state index is 0.0458. The topological polar surface area (TPSA) is 116 Å². The maximum Gasteiger partial charge on any atom is 0.270 e. The zero-order valence-corrected chi connectivity index (χ0v) is 8.38. The number of nitrogens with two attached hydrogens (primary N) is 1. The SMILES string of the molecule is NC(=O)c1coc2ccc([N+](=O)[O-])cc2c1=O. The van der Waals surface area contributed by atoms with E-state index < -0.39 is 16.3 Å². The molecule has 0 aliphatic rings. The van der Waals surface area contributed by atoms with Crippen molar-refractivity contribution in [2.45, 2.75) is 0 Å². The fraction of sp³-hybridized carbons (Fsp3) is 0. The Kier molecular flexibility index (Phi) is 2.36. The summed E-state index contributed by atoms with van der Waals surface area (Å²) in [5, 5.41) is 10.5. The van der Waals surface area contributed by atoms with Crippen LogP contribution in [0, 0.1) is 10.1 Å². The molecule has 0 saturated heterocycles. The number of amides is 1. The van der Waals surface area contributed by atoms with Crippen LogP contribution >= 0.6 is 0 Å². The van der Waals surface area contributed by atoms with E-state index in [1.54, 1.807) is 0 Å². The van der Waals surface area contributed by atoms with Gasteiger partial charge in [-0.25, -0.2) is 0 Å². The van der Waals surface area contributed by atoms with Crippen LogP contribution < -0.4 is 11.2 Å². The molecule has 7 heteroatoms. The molecule has 7 nitrogen and oxygen atoms in total. The summed E-state index contributed by atoms with van der Waals surface area (Å²) in [6, 6.07) is 3.54. The minimum Gasteiger partial charge on any atom is -0.463 e. The van der Waals surface area contributed by atoms with Crippen molar-refractivity contribution in [1.82, 2.24) is 0 Å². The quantitative estimate of drug-likeness (QED) is 0.609. The third kappa shape index (κ3) is 1.73. The Bertz CT molecular complexity index is 683. The van der Waals surface area contributed by atoms with Crippen LogP contribution in [0.2, 0.25) is 0 Å². The number of benzene rings is 1. The minimum atomic E-state index is -0.938. The van der Waals surface area contributed by atoms with E-state index in [4.69, 9.17) is 10.2 Å². The second kappa shape index (κ2) is 3.71. The van der Waals surface area contributed by atoms with Crippen LogP contribution in [0.1, 0.15) is 10.4 Å². The van der Waals surface area contributed by atoms with E-state index in [1.165, 1.54) is 12.1 Å². The third-order valence-electron chi connectivity index (χ3n) is 2.23. The first-order valence-electron chi connectivity index (χ1n) is 4.50. The third-order valence-corrected chi connectivity index (χ3v) is 2.23. The Hall–Kier alpha value is -2.70. The molecule has 0 aliphatic heterocycles. The molecule has 2 aromatic rings. The predicted octanol–water partition coefficient (Wildman–Crippen LogP) is 0.800. The summed E-state index contributed by atoms with van der Waals surface area (Å²) in [6.45, 7) is 0. The number of nitro groups is 1. The summed E-state index contributed by atoms with van der Waals surface area (Å²) >= 11 is 0. The van der Waals surface area contributed by atoms with Gasteiger partial charge >= 0.3 is 0 Å². The van der Waals surface area contributed by atoms with Crippen LogP contribution in [-0.4, -0.2) is 10.8 Å². The molecule has 0 spiro atoms. The Morgan fingerprint density at radius 2 is 2.12 bits per heavy atom. The van der Waals surface area contributed by atoms with Gasteiger partial charge in [-0.3, -0.25) is 19.7 Å². The van der Waals surface area contributed by atoms with Gasteiger partial charge in [0.1, 0.15) is 17.4 Å². The number of fused-ring (bicyclic) bond motifs is 1.